The Morgan fingerprint density at radius 3 is 2.48 bits per heavy atom. The minimum atomic E-state index is -0.383. The molecule has 2 rings (SSSR count). The van der Waals surface area contributed by atoms with Gasteiger partial charge in [-0.2, -0.15) is 0 Å². The lowest BCUT2D eigenvalue weighted by molar-refractivity contribution is -0.136. The molecule has 1 aromatic carbocycles. The highest BCUT2D eigenvalue weighted by molar-refractivity contribution is 6.04. The molecule has 0 aromatic heterocycles. The van der Waals surface area contributed by atoms with Crippen LogP contribution in [0.1, 0.15) is 6.42 Å². The molecule has 0 spiro atoms. The topological polar surface area (TPSA) is 91.3 Å². The number of hydrogen-bond acceptors (Lipinski definition) is 6. The molecule has 25 heavy (non-hydrogen) atoms. The first-order valence-corrected chi connectivity index (χ1v) is 8.20. The molecule has 1 saturated heterocycles. The Kier molecular flexibility index (Phi) is 7.03. The first-order valence-electron chi connectivity index (χ1n) is 8.20. The molecule has 0 aliphatic carbocycles. The molecule has 2 amide bonds. The number of aliphatic hydroxyl groups excluding tert-OH is 1. The van der Waals surface area contributed by atoms with Crippen LogP contribution in [0.4, 0.5) is 5.69 Å². The largest absolute Gasteiger partial charge is 0.497 e. The van der Waals surface area contributed by atoms with E-state index in [0.29, 0.717) is 49.9 Å². The summed E-state index contributed by atoms with van der Waals surface area (Å²) in [5.41, 5.74) is 0.494. The van der Waals surface area contributed by atoms with Gasteiger partial charge in [-0.25, -0.2) is 0 Å². The van der Waals surface area contributed by atoms with Gasteiger partial charge >= 0.3 is 0 Å². The summed E-state index contributed by atoms with van der Waals surface area (Å²) in [6.45, 7) is 3.27. The fourth-order valence-electron chi connectivity index (χ4n) is 2.71. The second-order valence-corrected chi connectivity index (χ2v) is 5.74. The monoisotopic (exact) mass is 351 g/mol. The number of carbonyl (C=O) groups excluding carboxylic acids is 2. The molecule has 8 nitrogen and oxygen atoms in total. The van der Waals surface area contributed by atoms with Gasteiger partial charge in [0.2, 0.25) is 11.8 Å². The van der Waals surface area contributed by atoms with Crippen LogP contribution >= 0.6 is 0 Å². The molecule has 1 heterocycles. The summed E-state index contributed by atoms with van der Waals surface area (Å²) in [4.78, 5) is 28.2. The number of β-amino-alcohol motifs (C(OH)–C–C–N with tert-alkyl or cyclic N) is 1. The third-order valence-electron chi connectivity index (χ3n) is 4.14. The fourth-order valence-corrected chi connectivity index (χ4v) is 2.71. The molecule has 2 N–H and O–H groups in total. The van der Waals surface area contributed by atoms with Gasteiger partial charge < -0.3 is 24.8 Å². The van der Waals surface area contributed by atoms with Crippen LogP contribution in [0.5, 0.6) is 11.5 Å². The van der Waals surface area contributed by atoms with Gasteiger partial charge in [-0.05, 0) is 12.1 Å². The Balaban J connectivity index is 1.87. The van der Waals surface area contributed by atoms with Gasteiger partial charge in [0, 0.05) is 38.8 Å². The van der Waals surface area contributed by atoms with E-state index in [9.17, 15) is 9.59 Å². The molecule has 0 radical (unpaired) electrons. The molecule has 0 unspecified atom stereocenters. The number of amides is 2. The number of anilines is 1. The van der Waals surface area contributed by atoms with E-state index in [-0.39, 0.29) is 24.8 Å². The maximum Gasteiger partial charge on any atom is 0.233 e. The molecule has 0 bridgehead atoms. The summed E-state index contributed by atoms with van der Waals surface area (Å²) < 4.78 is 10.3. The van der Waals surface area contributed by atoms with Crippen LogP contribution in [-0.2, 0) is 9.59 Å². The van der Waals surface area contributed by atoms with Crippen molar-refractivity contribution in [2.75, 3.05) is 58.9 Å². The second kappa shape index (κ2) is 9.24. The van der Waals surface area contributed by atoms with Crippen molar-refractivity contribution in [2.45, 2.75) is 6.42 Å². The Labute approximate surface area is 147 Å². The quantitative estimate of drug-likeness (QED) is 0.681. The lowest BCUT2D eigenvalue weighted by atomic mass is 10.2. The van der Waals surface area contributed by atoms with Gasteiger partial charge in [-0.3, -0.25) is 14.5 Å². The predicted octanol–water partition coefficient (Wildman–Crippen LogP) is 0.169. The van der Waals surface area contributed by atoms with Crippen molar-refractivity contribution in [1.29, 1.82) is 0 Å². The minimum Gasteiger partial charge on any atom is -0.497 e. The maximum absolute atomic E-state index is 12.3. The highest BCUT2D eigenvalue weighted by Crippen LogP contribution is 2.29. The van der Waals surface area contributed by atoms with Gasteiger partial charge in [0.1, 0.15) is 17.9 Å². The van der Waals surface area contributed by atoms with E-state index in [1.54, 1.807) is 30.2 Å². The maximum atomic E-state index is 12.3. The van der Waals surface area contributed by atoms with Gasteiger partial charge in [0.15, 0.2) is 0 Å². The van der Waals surface area contributed by atoms with Crippen molar-refractivity contribution < 1.29 is 24.2 Å². The fraction of sp³-hybridized carbons (Fsp3) is 0.529. The van der Waals surface area contributed by atoms with Gasteiger partial charge in [-0.15, -0.1) is 0 Å². The van der Waals surface area contributed by atoms with Crippen LogP contribution in [-0.4, -0.2) is 80.3 Å². The average molecular weight is 351 g/mol. The molecule has 1 fully saturated rings. The standard InChI is InChI=1S/C17H25N3O5/c1-24-13-3-4-14(15(11-13)25-2)18-16(22)12-17(23)20-7-5-19(6-8-20)9-10-21/h3-4,11,21H,5-10,12H2,1-2H3,(H,18,22). The van der Waals surface area contributed by atoms with Gasteiger partial charge in [0.05, 0.1) is 26.5 Å². The normalized spacial score (nSPS) is 14.9. The molecule has 8 heteroatoms. The van der Waals surface area contributed by atoms with Crippen molar-refractivity contribution >= 4 is 17.5 Å². The third-order valence-corrected chi connectivity index (χ3v) is 4.14. The number of ether oxygens (including phenoxy) is 2. The predicted molar refractivity (Wildman–Crippen MR) is 92.9 cm³/mol. The number of hydrogen-bond donors (Lipinski definition) is 2. The number of nitrogens with one attached hydrogen (secondary N) is 1. The first-order chi connectivity index (χ1) is 12.1. The Hall–Kier alpha value is -2.32. The molecule has 0 atom stereocenters. The van der Waals surface area contributed by atoms with E-state index in [1.807, 2.05) is 0 Å². The van der Waals surface area contributed by atoms with Crippen molar-refractivity contribution in [2.24, 2.45) is 0 Å². The molecule has 0 saturated carbocycles. The van der Waals surface area contributed by atoms with E-state index >= 15 is 0 Å². The Morgan fingerprint density at radius 1 is 1.16 bits per heavy atom. The molecular formula is C17H25N3O5. The van der Waals surface area contributed by atoms with Crippen molar-refractivity contribution in [3.05, 3.63) is 18.2 Å². The van der Waals surface area contributed by atoms with Crippen LogP contribution in [0.3, 0.4) is 0 Å². The number of nitrogens with zero attached hydrogens (tertiary/aromatic N) is 2. The number of methoxy groups -OCH3 is 2. The van der Waals surface area contributed by atoms with E-state index in [1.165, 1.54) is 7.11 Å². The van der Waals surface area contributed by atoms with Crippen molar-refractivity contribution in [3.63, 3.8) is 0 Å². The summed E-state index contributed by atoms with van der Waals surface area (Å²) in [7, 11) is 3.05. The zero-order chi connectivity index (χ0) is 18.2. The van der Waals surface area contributed by atoms with Crippen molar-refractivity contribution in [3.8, 4) is 11.5 Å². The number of carbonyl (C=O) groups is 2. The van der Waals surface area contributed by atoms with Gasteiger partial charge in [-0.1, -0.05) is 0 Å². The van der Waals surface area contributed by atoms with Gasteiger partial charge in [0.25, 0.3) is 0 Å². The second-order valence-electron chi connectivity index (χ2n) is 5.74. The summed E-state index contributed by atoms with van der Waals surface area (Å²) in [6, 6.07) is 5.05. The summed E-state index contributed by atoms with van der Waals surface area (Å²) in [5, 5.41) is 11.6. The third kappa shape index (κ3) is 5.33. The highest BCUT2D eigenvalue weighted by atomic mass is 16.5. The SMILES string of the molecule is COc1ccc(NC(=O)CC(=O)N2CCN(CCO)CC2)c(OC)c1. The molecule has 1 aromatic rings. The van der Waals surface area contributed by atoms with E-state index in [0.717, 1.165) is 0 Å². The Bertz CT molecular complexity index is 600. The number of aliphatic hydroxyl groups is 1. The number of piperazine rings is 1. The van der Waals surface area contributed by atoms with Crippen molar-refractivity contribution in [1.82, 2.24) is 9.80 Å². The summed E-state index contributed by atoms with van der Waals surface area (Å²) in [5.74, 6) is 0.504. The van der Waals surface area contributed by atoms with Crippen LogP contribution in [0.15, 0.2) is 18.2 Å². The smallest absolute Gasteiger partial charge is 0.233 e. The van der Waals surface area contributed by atoms with Crippen LogP contribution < -0.4 is 14.8 Å². The molecule has 1 aliphatic heterocycles. The summed E-state index contributed by atoms with van der Waals surface area (Å²) in [6.07, 6.45) is -0.213. The molecule has 138 valence electrons. The molecule has 1 aliphatic rings. The minimum absolute atomic E-state index is 0.111. The Morgan fingerprint density at radius 2 is 1.88 bits per heavy atom. The number of benzene rings is 1. The van der Waals surface area contributed by atoms with Crippen LogP contribution in [0, 0.1) is 0 Å². The van der Waals surface area contributed by atoms with E-state index < -0.39 is 0 Å². The highest BCUT2D eigenvalue weighted by Gasteiger charge is 2.22. The van der Waals surface area contributed by atoms with E-state index in [2.05, 4.69) is 10.2 Å². The summed E-state index contributed by atoms with van der Waals surface area (Å²) >= 11 is 0. The van der Waals surface area contributed by atoms with Crippen LogP contribution in [0.25, 0.3) is 0 Å². The first kappa shape index (κ1) is 19.0. The van der Waals surface area contributed by atoms with Crippen LogP contribution in [0.2, 0.25) is 0 Å². The zero-order valence-corrected chi connectivity index (χ0v) is 14.7. The lowest BCUT2D eigenvalue weighted by Crippen LogP contribution is -2.49. The zero-order valence-electron chi connectivity index (χ0n) is 14.7. The van der Waals surface area contributed by atoms with E-state index in [4.69, 9.17) is 14.6 Å². The molecular weight excluding hydrogens is 326 g/mol. The average Bonchev–Trinajstić information content (AvgIpc) is 2.62. The number of rotatable bonds is 7. The lowest BCUT2D eigenvalue weighted by Gasteiger charge is -2.34.